The Morgan fingerprint density at radius 3 is 2.31 bits per heavy atom. The van der Waals surface area contributed by atoms with E-state index >= 15 is 0 Å². The molecule has 0 fully saturated rings. The van der Waals surface area contributed by atoms with Crippen molar-refractivity contribution in [2.75, 3.05) is 0 Å². The maximum absolute atomic E-state index is 10.7. The van der Waals surface area contributed by atoms with Crippen molar-refractivity contribution in [2.45, 2.75) is 19.9 Å². The molecule has 13 heavy (non-hydrogen) atoms. The number of aliphatic carboxylic acids is 1. The quantitative estimate of drug-likeness (QED) is 0.705. The summed E-state index contributed by atoms with van der Waals surface area (Å²) < 4.78 is 0. The van der Waals surface area contributed by atoms with Crippen molar-refractivity contribution in [3.8, 4) is 0 Å². The van der Waals surface area contributed by atoms with E-state index in [-0.39, 0.29) is 0 Å². The summed E-state index contributed by atoms with van der Waals surface area (Å²) in [5.74, 6) is -1.02. The highest BCUT2D eigenvalue weighted by Gasteiger charge is 2.18. The van der Waals surface area contributed by atoms with Gasteiger partial charge in [0.05, 0.1) is 0 Å². The van der Waals surface area contributed by atoms with Crippen LogP contribution in [0.1, 0.15) is 22.7 Å². The number of pyridine rings is 1. The van der Waals surface area contributed by atoms with Crippen molar-refractivity contribution >= 4 is 5.97 Å². The predicted octanol–water partition coefficient (Wildman–Crippen LogP) is 0.783. The highest BCUT2D eigenvalue weighted by atomic mass is 16.4. The second-order valence-electron chi connectivity index (χ2n) is 3.00. The molecule has 1 aromatic heterocycles. The summed E-state index contributed by atoms with van der Waals surface area (Å²) in [5.41, 5.74) is 7.80. The first-order valence-electron chi connectivity index (χ1n) is 3.93. The summed E-state index contributed by atoms with van der Waals surface area (Å²) in [6.45, 7) is 3.61. The third-order valence-corrected chi connectivity index (χ3v) is 1.96. The molecule has 0 spiro atoms. The Balaban J connectivity index is 3.20. The number of nitrogens with two attached hydrogens (primary N) is 1. The molecule has 0 amide bonds. The Hall–Kier alpha value is -1.42. The molecule has 0 aliphatic carbocycles. The number of carbonyl (C=O) groups is 1. The van der Waals surface area contributed by atoms with Crippen LogP contribution in [-0.4, -0.2) is 16.1 Å². The Morgan fingerprint density at radius 2 is 1.92 bits per heavy atom. The fraction of sp³-hybridized carbons (Fsp3) is 0.333. The van der Waals surface area contributed by atoms with Gasteiger partial charge in [-0.25, -0.2) is 0 Å². The molecule has 0 saturated carbocycles. The molecule has 0 radical (unpaired) electrons. The number of hydrogen-bond acceptors (Lipinski definition) is 3. The molecule has 1 rings (SSSR count). The van der Waals surface area contributed by atoms with E-state index < -0.39 is 12.0 Å². The van der Waals surface area contributed by atoms with Gasteiger partial charge in [-0.2, -0.15) is 0 Å². The number of nitrogens with zero attached hydrogens (tertiary/aromatic N) is 1. The van der Waals surface area contributed by atoms with Gasteiger partial charge in [0.15, 0.2) is 0 Å². The van der Waals surface area contributed by atoms with E-state index in [0.29, 0.717) is 5.56 Å². The lowest BCUT2D eigenvalue weighted by Gasteiger charge is -2.12. The van der Waals surface area contributed by atoms with Gasteiger partial charge in [-0.15, -0.1) is 0 Å². The number of aromatic nitrogens is 1. The molecule has 1 atom stereocenters. The van der Waals surface area contributed by atoms with Crippen molar-refractivity contribution in [3.63, 3.8) is 0 Å². The SMILES string of the molecule is Cc1cncc(C)c1C(N)C(=O)O. The zero-order valence-electron chi connectivity index (χ0n) is 7.61. The van der Waals surface area contributed by atoms with E-state index in [2.05, 4.69) is 4.98 Å². The van der Waals surface area contributed by atoms with Crippen LogP contribution in [0, 0.1) is 13.8 Å². The Bertz CT molecular complexity index is 316. The van der Waals surface area contributed by atoms with Crippen molar-refractivity contribution in [1.29, 1.82) is 0 Å². The summed E-state index contributed by atoms with van der Waals surface area (Å²) >= 11 is 0. The first kappa shape index (κ1) is 9.67. The van der Waals surface area contributed by atoms with Crippen LogP contribution < -0.4 is 5.73 Å². The van der Waals surface area contributed by atoms with Gasteiger partial charge in [-0.1, -0.05) is 0 Å². The van der Waals surface area contributed by atoms with E-state index in [1.165, 1.54) is 0 Å². The first-order chi connectivity index (χ1) is 6.04. The van der Waals surface area contributed by atoms with Crippen LogP contribution in [0.3, 0.4) is 0 Å². The van der Waals surface area contributed by atoms with E-state index in [1.54, 1.807) is 26.2 Å². The third kappa shape index (κ3) is 1.84. The maximum atomic E-state index is 10.7. The van der Waals surface area contributed by atoms with E-state index in [4.69, 9.17) is 10.8 Å². The van der Waals surface area contributed by atoms with Gasteiger partial charge in [-0.3, -0.25) is 9.78 Å². The third-order valence-electron chi connectivity index (χ3n) is 1.96. The van der Waals surface area contributed by atoms with Crippen LogP contribution in [-0.2, 0) is 4.79 Å². The number of carboxylic acid groups (broad SMARTS) is 1. The molecule has 1 aromatic rings. The molecule has 0 aromatic carbocycles. The number of carboxylic acids is 1. The van der Waals surface area contributed by atoms with Crippen LogP contribution in [0.4, 0.5) is 0 Å². The summed E-state index contributed by atoms with van der Waals surface area (Å²) in [5, 5.41) is 8.74. The minimum absolute atomic E-state index is 0.655. The predicted molar refractivity (Wildman–Crippen MR) is 48.3 cm³/mol. The molecule has 0 aliphatic rings. The van der Waals surface area contributed by atoms with E-state index in [9.17, 15) is 4.79 Å². The van der Waals surface area contributed by atoms with Crippen LogP contribution in [0.15, 0.2) is 12.4 Å². The summed E-state index contributed by atoms with van der Waals surface area (Å²) in [7, 11) is 0. The minimum Gasteiger partial charge on any atom is -0.480 e. The summed E-state index contributed by atoms with van der Waals surface area (Å²) in [4.78, 5) is 14.6. The van der Waals surface area contributed by atoms with Crippen molar-refractivity contribution in [3.05, 3.63) is 29.1 Å². The maximum Gasteiger partial charge on any atom is 0.325 e. The van der Waals surface area contributed by atoms with Gasteiger partial charge < -0.3 is 10.8 Å². The second kappa shape index (κ2) is 3.53. The largest absolute Gasteiger partial charge is 0.480 e. The zero-order valence-corrected chi connectivity index (χ0v) is 7.61. The van der Waals surface area contributed by atoms with Crippen LogP contribution in [0.25, 0.3) is 0 Å². The van der Waals surface area contributed by atoms with Gasteiger partial charge in [0.25, 0.3) is 0 Å². The van der Waals surface area contributed by atoms with Gasteiger partial charge in [0, 0.05) is 12.4 Å². The van der Waals surface area contributed by atoms with Crippen LogP contribution in [0.2, 0.25) is 0 Å². The van der Waals surface area contributed by atoms with Crippen molar-refractivity contribution < 1.29 is 9.90 Å². The molecule has 4 heteroatoms. The molecule has 0 aliphatic heterocycles. The lowest BCUT2D eigenvalue weighted by Crippen LogP contribution is -2.22. The van der Waals surface area contributed by atoms with Gasteiger partial charge >= 0.3 is 5.97 Å². The molecule has 70 valence electrons. The average Bonchev–Trinajstić information content (AvgIpc) is 2.03. The smallest absolute Gasteiger partial charge is 0.325 e. The zero-order chi connectivity index (χ0) is 10.0. The van der Waals surface area contributed by atoms with Gasteiger partial charge in [0.2, 0.25) is 0 Å². The average molecular weight is 180 g/mol. The fourth-order valence-electron chi connectivity index (χ4n) is 1.33. The Labute approximate surface area is 76.4 Å². The lowest BCUT2D eigenvalue weighted by molar-refractivity contribution is -0.138. The molecule has 4 nitrogen and oxygen atoms in total. The molecule has 3 N–H and O–H groups in total. The van der Waals surface area contributed by atoms with Crippen molar-refractivity contribution in [2.24, 2.45) is 5.73 Å². The van der Waals surface area contributed by atoms with Crippen molar-refractivity contribution in [1.82, 2.24) is 4.98 Å². The molecule has 1 unspecified atom stereocenters. The highest BCUT2D eigenvalue weighted by molar-refractivity contribution is 5.76. The standard InChI is InChI=1S/C9H12N2O2/c1-5-3-11-4-6(2)7(5)8(10)9(12)13/h3-4,8H,10H2,1-2H3,(H,12,13). The molecular weight excluding hydrogens is 168 g/mol. The topological polar surface area (TPSA) is 76.2 Å². The van der Waals surface area contributed by atoms with Crippen LogP contribution >= 0.6 is 0 Å². The number of hydrogen-bond donors (Lipinski definition) is 2. The Kier molecular flexibility index (Phi) is 2.63. The lowest BCUT2D eigenvalue weighted by atomic mass is 10.00. The Morgan fingerprint density at radius 1 is 1.46 bits per heavy atom. The molecule has 0 bridgehead atoms. The highest BCUT2D eigenvalue weighted by Crippen LogP contribution is 2.18. The number of aryl methyl sites for hydroxylation is 2. The van der Waals surface area contributed by atoms with E-state index in [1.807, 2.05) is 0 Å². The monoisotopic (exact) mass is 180 g/mol. The summed E-state index contributed by atoms with van der Waals surface area (Å²) in [6.07, 6.45) is 3.23. The van der Waals surface area contributed by atoms with E-state index in [0.717, 1.165) is 11.1 Å². The second-order valence-corrected chi connectivity index (χ2v) is 3.00. The molecule has 0 saturated heterocycles. The normalized spacial score (nSPS) is 12.5. The summed E-state index contributed by atoms with van der Waals surface area (Å²) in [6, 6.07) is -0.956. The van der Waals surface area contributed by atoms with Gasteiger partial charge in [-0.05, 0) is 30.5 Å². The molecule has 1 heterocycles. The molecular formula is C9H12N2O2. The first-order valence-corrected chi connectivity index (χ1v) is 3.93. The number of rotatable bonds is 2. The fourth-order valence-corrected chi connectivity index (χ4v) is 1.33. The van der Waals surface area contributed by atoms with Gasteiger partial charge in [0.1, 0.15) is 6.04 Å². The minimum atomic E-state index is -1.02. The van der Waals surface area contributed by atoms with Crippen LogP contribution in [0.5, 0.6) is 0 Å².